The maximum absolute atomic E-state index is 2.85. The zero-order chi connectivity index (χ0) is 4.50. The van der Waals surface area contributed by atoms with Gasteiger partial charge in [0.05, 0.1) is 7.74 Å². The average Bonchev–Trinajstić information content (AvgIpc) is 0.722. The second kappa shape index (κ2) is 3.01. The van der Waals surface area contributed by atoms with Crippen molar-refractivity contribution in [1.82, 2.24) is 0 Å². The highest BCUT2D eigenvalue weighted by molar-refractivity contribution is 7.68. The summed E-state index contributed by atoms with van der Waals surface area (Å²) >= 11 is 0. The van der Waals surface area contributed by atoms with Gasteiger partial charge in [0, 0.05) is 0 Å². The largest absolute Gasteiger partial charge is 0.149 e. The second-order valence-corrected chi connectivity index (χ2v) is 12.3. The van der Waals surface area contributed by atoms with Gasteiger partial charge in [0.15, 0.2) is 0 Å². The van der Waals surface area contributed by atoms with Gasteiger partial charge in [-0.25, -0.2) is 0 Å². The fourth-order valence-corrected chi connectivity index (χ4v) is 0. The van der Waals surface area contributed by atoms with Crippen LogP contribution >= 0.6 is 21.2 Å². The highest BCUT2D eigenvalue weighted by Crippen LogP contribution is 2.07. The maximum atomic E-state index is 2.85. The third-order valence-corrected chi connectivity index (χ3v) is 0. The van der Waals surface area contributed by atoms with Crippen molar-refractivity contribution in [3.05, 3.63) is 0 Å². The monoisotopic (exact) mass is 142 g/mol. The molecule has 0 spiro atoms. The average molecular weight is 143 g/mol. The van der Waals surface area contributed by atoms with E-state index < -0.39 is 7.74 Å². The summed E-state index contributed by atoms with van der Waals surface area (Å²) in [6.07, 6.45) is 0. The first-order valence-corrected chi connectivity index (χ1v) is 7.10. The van der Waals surface area contributed by atoms with Crippen molar-refractivity contribution in [2.75, 3.05) is 0 Å². The molecule has 0 radical (unpaired) electrons. The normalized spacial score (nSPS) is 10.0. The summed E-state index contributed by atoms with van der Waals surface area (Å²) in [7, 11) is 2.16. The Bertz CT molecular complexity index is 26.3. The number of halogens is 1. The number of hydrogen-bond donors (Lipinski definition) is 0. The Balaban J connectivity index is 0. The van der Waals surface area contributed by atoms with Crippen molar-refractivity contribution >= 4 is 28.9 Å². The Kier molecular flexibility index (Phi) is 5.03. The van der Waals surface area contributed by atoms with E-state index in [1.165, 1.54) is 0 Å². The molecule has 1 unspecified atom stereocenters. The maximum Gasteiger partial charge on any atom is 0.0653 e. The molecule has 0 aliphatic heterocycles. The summed E-state index contributed by atoms with van der Waals surface area (Å²) in [5.74, 6) is 0. The van der Waals surface area contributed by atoms with Gasteiger partial charge in [-0.3, -0.25) is 0 Å². The second-order valence-electron chi connectivity index (χ2n) is 2.37. The van der Waals surface area contributed by atoms with Crippen LogP contribution in [0.15, 0.2) is 0 Å². The lowest BCUT2D eigenvalue weighted by Crippen LogP contribution is -2.05. The molecule has 0 aromatic carbocycles. The van der Waals surface area contributed by atoms with Gasteiger partial charge in [0.25, 0.3) is 0 Å². The first-order chi connectivity index (χ1) is 2.00. The van der Waals surface area contributed by atoms with Crippen molar-refractivity contribution in [3.8, 4) is 0 Å². The van der Waals surface area contributed by atoms with Gasteiger partial charge < -0.3 is 0 Å². The molecule has 0 aliphatic rings. The van der Waals surface area contributed by atoms with Crippen LogP contribution in [-0.2, 0) is 0 Å². The summed E-state index contributed by atoms with van der Waals surface area (Å²) in [6.45, 7) is 6.87. The van der Waals surface area contributed by atoms with E-state index in [9.17, 15) is 0 Å². The highest BCUT2D eigenvalue weighted by Gasteiger charge is 1.99. The van der Waals surface area contributed by atoms with Gasteiger partial charge in [-0.05, 0) is 0 Å². The van der Waals surface area contributed by atoms with Crippen LogP contribution in [0.25, 0.3) is 0 Å². The molecule has 0 aromatic heterocycles. The van der Waals surface area contributed by atoms with Gasteiger partial charge >= 0.3 is 0 Å². The number of rotatable bonds is 0. The van der Waals surface area contributed by atoms with Crippen LogP contribution in [0, 0.1) is 0 Å². The minimum absolute atomic E-state index is 0. The lowest BCUT2D eigenvalue weighted by atomic mass is 11.8. The molecule has 0 bridgehead atoms. The van der Waals surface area contributed by atoms with Crippen molar-refractivity contribution in [1.29, 1.82) is 0 Å². The van der Waals surface area contributed by atoms with Crippen LogP contribution < -0.4 is 0 Å². The molecule has 0 nitrogen and oxygen atoms in total. The zero-order valence-corrected chi connectivity index (χ0v) is 7.46. The summed E-state index contributed by atoms with van der Waals surface area (Å²) in [5, 5.41) is 0. The first kappa shape index (κ1) is 10.0. The summed E-state index contributed by atoms with van der Waals surface area (Å²) in [6, 6.07) is 0. The van der Waals surface area contributed by atoms with Crippen molar-refractivity contribution in [2.24, 2.45) is 0 Å². The minimum atomic E-state index is -0.694. The van der Waals surface area contributed by atoms with Crippen molar-refractivity contribution < 1.29 is 0 Å². The standard InChI is InChI=1S/C3H11PSi.ClH/c1-5(2,3)4;/h4H2,1-3H3;1H. The molecule has 0 aliphatic carbocycles. The zero-order valence-electron chi connectivity index (χ0n) is 4.49. The molecule has 1 atom stereocenters. The SMILES string of the molecule is C[Si](C)(C)P.Cl. The molecular weight excluding hydrogens is 131 g/mol. The van der Waals surface area contributed by atoms with Crippen LogP contribution in [0.3, 0.4) is 0 Å². The third-order valence-electron chi connectivity index (χ3n) is 0. The van der Waals surface area contributed by atoms with Gasteiger partial charge in [-0.15, -0.1) is 21.2 Å². The first-order valence-electron chi connectivity index (χ1n) is 1.79. The Hall–Kier alpha value is 0.937. The molecule has 3 heteroatoms. The van der Waals surface area contributed by atoms with Gasteiger partial charge in [0.1, 0.15) is 0 Å². The minimum Gasteiger partial charge on any atom is -0.149 e. The van der Waals surface area contributed by atoms with E-state index in [1.54, 1.807) is 0 Å². The molecule has 6 heavy (non-hydrogen) atoms. The van der Waals surface area contributed by atoms with Crippen LogP contribution in [0.5, 0.6) is 0 Å². The molecular formula is C3H12ClPSi. The Morgan fingerprint density at radius 3 is 1.17 bits per heavy atom. The van der Waals surface area contributed by atoms with Crippen LogP contribution in [0.2, 0.25) is 19.6 Å². The van der Waals surface area contributed by atoms with E-state index in [0.29, 0.717) is 0 Å². The predicted molar refractivity (Wildman–Crippen MR) is 40.3 cm³/mol. The van der Waals surface area contributed by atoms with Gasteiger partial charge in [-0.2, -0.15) is 0 Å². The van der Waals surface area contributed by atoms with Gasteiger partial charge in [-0.1, -0.05) is 19.6 Å². The molecule has 0 amide bonds. The van der Waals surface area contributed by atoms with Crippen LogP contribution in [0.4, 0.5) is 0 Å². The Morgan fingerprint density at radius 2 is 1.17 bits per heavy atom. The molecule has 0 saturated heterocycles. The Morgan fingerprint density at radius 1 is 1.17 bits per heavy atom. The van der Waals surface area contributed by atoms with Crippen molar-refractivity contribution in [2.45, 2.75) is 19.6 Å². The smallest absolute Gasteiger partial charge is 0.0653 e. The summed E-state index contributed by atoms with van der Waals surface area (Å²) < 4.78 is 0. The number of hydrogen-bond acceptors (Lipinski definition) is 0. The molecule has 0 fully saturated rings. The van der Waals surface area contributed by atoms with E-state index in [0.717, 1.165) is 0 Å². The fourth-order valence-electron chi connectivity index (χ4n) is 0. The van der Waals surface area contributed by atoms with E-state index in [1.807, 2.05) is 0 Å². The predicted octanol–water partition coefficient (Wildman–Crippen LogP) is 2.12. The molecule has 0 heterocycles. The van der Waals surface area contributed by atoms with Crippen molar-refractivity contribution in [3.63, 3.8) is 0 Å². The van der Waals surface area contributed by atoms with Crippen LogP contribution in [0.1, 0.15) is 0 Å². The highest BCUT2D eigenvalue weighted by atomic mass is 35.5. The molecule has 0 aromatic rings. The molecule has 0 saturated carbocycles. The topological polar surface area (TPSA) is 0 Å². The van der Waals surface area contributed by atoms with E-state index in [2.05, 4.69) is 28.4 Å². The van der Waals surface area contributed by atoms with Crippen LogP contribution in [-0.4, -0.2) is 7.74 Å². The molecule has 0 rings (SSSR count). The quantitative estimate of drug-likeness (QED) is 0.359. The lowest BCUT2D eigenvalue weighted by Gasteiger charge is -2.01. The summed E-state index contributed by atoms with van der Waals surface area (Å²) in [4.78, 5) is 0. The van der Waals surface area contributed by atoms with Gasteiger partial charge in [0.2, 0.25) is 0 Å². The lowest BCUT2D eigenvalue weighted by molar-refractivity contribution is 1.88. The Labute approximate surface area is 49.2 Å². The van der Waals surface area contributed by atoms with E-state index in [4.69, 9.17) is 0 Å². The fraction of sp³-hybridized carbons (Fsp3) is 1.00. The van der Waals surface area contributed by atoms with E-state index >= 15 is 0 Å². The molecule has 0 N–H and O–H groups in total. The molecule has 40 valence electrons. The summed E-state index contributed by atoms with van der Waals surface area (Å²) in [5.41, 5.74) is 0. The van der Waals surface area contributed by atoms with E-state index in [-0.39, 0.29) is 12.4 Å². The third kappa shape index (κ3) is 87.2.